The summed E-state index contributed by atoms with van der Waals surface area (Å²) in [6.07, 6.45) is 0.657. The van der Waals surface area contributed by atoms with Crippen LogP contribution in [0.1, 0.15) is 60.5 Å². The molecule has 0 fully saturated rings. The summed E-state index contributed by atoms with van der Waals surface area (Å²) in [5.74, 6) is -1.35. The Bertz CT molecular complexity index is 1530. The Morgan fingerprint density at radius 1 is 1.33 bits per heavy atom. The minimum Gasteiger partial charge on any atom is -0.458 e. The number of halogens is 2. The average molecular weight is 514 g/mol. The Morgan fingerprint density at radius 2 is 2.11 bits per heavy atom. The zero-order valence-corrected chi connectivity index (χ0v) is 20.6. The van der Waals surface area contributed by atoms with Crippen molar-refractivity contribution in [1.29, 1.82) is 0 Å². The number of benzene rings is 1. The van der Waals surface area contributed by atoms with E-state index in [0.29, 0.717) is 41.9 Å². The molecule has 3 atom stereocenters. The molecule has 1 aromatic carbocycles. The molecule has 0 bridgehead atoms. The quantitative estimate of drug-likeness (QED) is 0.360. The molecule has 3 aliphatic rings. The van der Waals surface area contributed by atoms with E-state index in [9.17, 15) is 24.2 Å². The smallest absolute Gasteiger partial charge is 0.343 e. The maximum Gasteiger partial charge on any atom is 0.343 e. The van der Waals surface area contributed by atoms with Crippen molar-refractivity contribution < 1.29 is 24.1 Å². The number of carbonyl (C=O) groups is 1. The zero-order valence-electron chi connectivity index (χ0n) is 19.8. The number of aryl methyl sites for hydroxylation is 1. The number of esters is 1. The van der Waals surface area contributed by atoms with Crippen molar-refractivity contribution in [3.8, 4) is 11.4 Å². The Balaban J connectivity index is 1.64. The minimum atomic E-state index is -1.93. The van der Waals surface area contributed by atoms with Gasteiger partial charge in [0.2, 0.25) is 0 Å². The predicted molar refractivity (Wildman–Crippen MR) is 130 cm³/mol. The lowest BCUT2D eigenvalue weighted by atomic mass is 9.83. The molecule has 0 amide bonds. The number of cyclic esters (lactones) is 1. The largest absolute Gasteiger partial charge is 0.458 e. The van der Waals surface area contributed by atoms with E-state index in [1.807, 2.05) is 0 Å². The number of hydrogen-bond acceptors (Lipinski definition) is 7. The van der Waals surface area contributed by atoms with Crippen LogP contribution < -0.4 is 10.9 Å². The Kier molecular flexibility index (Phi) is 5.28. The summed E-state index contributed by atoms with van der Waals surface area (Å²) < 4.78 is 21.5. The van der Waals surface area contributed by atoms with Crippen LogP contribution in [-0.4, -0.2) is 38.4 Å². The fourth-order valence-electron chi connectivity index (χ4n) is 5.87. The van der Waals surface area contributed by atoms with Crippen molar-refractivity contribution in [1.82, 2.24) is 14.9 Å². The molecule has 3 aromatic rings. The molecule has 2 aliphatic heterocycles. The fourth-order valence-corrected chi connectivity index (χ4v) is 6.11. The van der Waals surface area contributed by atoms with Gasteiger partial charge in [-0.05, 0) is 43.4 Å². The van der Waals surface area contributed by atoms with E-state index < -0.39 is 23.5 Å². The van der Waals surface area contributed by atoms with E-state index in [1.165, 1.54) is 6.07 Å². The van der Waals surface area contributed by atoms with Crippen LogP contribution in [0.4, 0.5) is 4.39 Å². The van der Waals surface area contributed by atoms with Gasteiger partial charge in [0.05, 0.1) is 40.1 Å². The molecular weight excluding hydrogens is 489 g/mol. The standard InChI is InChI=1S/C26H25ClFN3O5/c1-3-26(35)15-6-19-23-13(9-31(19)24(33)14(15)10-36-25(26)34)21-17(29-8-11(2)32)5-4-12-20(21)18(30-23)7-16(28)22(12)27/h6-7,11,17,29,32,35H,3-5,8-10H2,1-2H3/t11-,17+,26+/m1/s1. The topological polar surface area (TPSA) is 114 Å². The van der Waals surface area contributed by atoms with Gasteiger partial charge in [-0.3, -0.25) is 4.79 Å². The van der Waals surface area contributed by atoms with Crippen LogP contribution in [0.25, 0.3) is 22.3 Å². The van der Waals surface area contributed by atoms with Gasteiger partial charge in [-0.25, -0.2) is 14.2 Å². The minimum absolute atomic E-state index is 0.0450. The molecule has 0 saturated heterocycles. The van der Waals surface area contributed by atoms with Crippen LogP contribution in [0.2, 0.25) is 5.02 Å². The van der Waals surface area contributed by atoms with E-state index in [2.05, 4.69) is 5.32 Å². The van der Waals surface area contributed by atoms with Crippen LogP contribution in [0.3, 0.4) is 0 Å². The first-order chi connectivity index (χ1) is 17.2. The molecule has 8 nitrogen and oxygen atoms in total. The number of fused-ring (bicyclic) bond motifs is 5. The highest BCUT2D eigenvalue weighted by atomic mass is 35.5. The Labute approximate surface area is 210 Å². The molecule has 2 aromatic heterocycles. The highest BCUT2D eigenvalue weighted by Crippen LogP contribution is 2.46. The third-order valence-electron chi connectivity index (χ3n) is 7.70. The normalized spacial score (nSPS) is 22.7. The Morgan fingerprint density at radius 3 is 2.83 bits per heavy atom. The monoisotopic (exact) mass is 513 g/mol. The number of nitrogens with zero attached hydrogens (tertiary/aromatic N) is 2. The molecule has 0 radical (unpaired) electrons. The molecule has 36 heavy (non-hydrogen) atoms. The maximum atomic E-state index is 14.8. The second-order valence-electron chi connectivity index (χ2n) is 9.85. The molecule has 0 saturated carbocycles. The molecule has 4 heterocycles. The van der Waals surface area contributed by atoms with Gasteiger partial charge < -0.3 is 24.8 Å². The summed E-state index contributed by atoms with van der Waals surface area (Å²) in [5, 5.41) is 25.2. The number of pyridine rings is 2. The van der Waals surface area contributed by atoms with Gasteiger partial charge in [-0.15, -0.1) is 0 Å². The first-order valence-electron chi connectivity index (χ1n) is 12.1. The van der Waals surface area contributed by atoms with Crippen molar-refractivity contribution >= 4 is 28.5 Å². The van der Waals surface area contributed by atoms with Crippen molar-refractivity contribution in [2.45, 2.75) is 64.0 Å². The average Bonchev–Trinajstić information content (AvgIpc) is 3.22. The molecule has 188 valence electrons. The molecule has 0 spiro atoms. The third-order valence-corrected chi connectivity index (χ3v) is 8.11. The van der Waals surface area contributed by atoms with Crippen molar-refractivity contribution in [2.75, 3.05) is 6.54 Å². The van der Waals surface area contributed by atoms with Gasteiger partial charge in [0.25, 0.3) is 5.56 Å². The lowest BCUT2D eigenvalue weighted by Gasteiger charge is -2.31. The maximum absolute atomic E-state index is 14.8. The van der Waals surface area contributed by atoms with Gasteiger partial charge in [0.1, 0.15) is 12.4 Å². The number of aliphatic hydroxyl groups excluding tert-OH is 1. The first kappa shape index (κ1) is 23.5. The number of aromatic nitrogens is 2. The van der Waals surface area contributed by atoms with Gasteiger partial charge in [0.15, 0.2) is 5.60 Å². The highest BCUT2D eigenvalue weighted by Gasteiger charge is 2.46. The molecule has 6 rings (SSSR count). The van der Waals surface area contributed by atoms with E-state index >= 15 is 0 Å². The van der Waals surface area contributed by atoms with Crippen LogP contribution in [0, 0.1) is 5.82 Å². The van der Waals surface area contributed by atoms with Gasteiger partial charge in [0, 0.05) is 35.2 Å². The number of carbonyl (C=O) groups excluding carboxylic acids is 1. The summed E-state index contributed by atoms with van der Waals surface area (Å²) in [7, 11) is 0. The van der Waals surface area contributed by atoms with Crippen molar-refractivity contribution in [3.05, 3.63) is 61.1 Å². The van der Waals surface area contributed by atoms with Crippen LogP contribution in [-0.2, 0) is 34.7 Å². The number of ether oxygens (including phenoxy) is 1. The van der Waals surface area contributed by atoms with E-state index in [0.717, 1.165) is 16.5 Å². The Hall–Kier alpha value is -2.85. The second kappa shape index (κ2) is 8.08. The highest BCUT2D eigenvalue weighted by molar-refractivity contribution is 6.32. The van der Waals surface area contributed by atoms with E-state index in [1.54, 1.807) is 24.5 Å². The fraction of sp³-hybridized carbons (Fsp3) is 0.423. The van der Waals surface area contributed by atoms with E-state index in [4.69, 9.17) is 21.3 Å². The molecular formula is C26H25ClFN3O5. The number of nitrogens with one attached hydrogen (secondary N) is 1. The molecule has 10 heteroatoms. The molecule has 3 N–H and O–H groups in total. The van der Waals surface area contributed by atoms with Crippen molar-refractivity contribution in [3.63, 3.8) is 0 Å². The summed E-state index contributed by atoms with van der Waals surface area (Å²) in [5.41, 5.74) is 1.97. The molecule has 0 unspecified atom stereocenters. The zero-order chi connectivity index (χ0) is 25.5. The number of hydrogen-bond donors (Lipinski definition) is 3. The third kappa shape index (κ3) is 3.13. The number of rotatable bonds is 4. The summed E-state index contributed by atoms with van der Waals surface area (Å²) >= 11 is 6.37. The lowest BCUT2D eigenvalue weighted by molar-refractivity contribution is -0.172. The number of aliphatic hydroxyl groups is 2. The first-order valence-corrected chi connectivity index (χ1v) is 12.5. The van der Waals surface area contributed by atoms with Gasteiger partial charge in [-0.2, -0.15) is 0 Å². The van der Waals surface area contributed by atoms with Gasteiger partial charge >= 0.3 is 5.97 Å². The summed E-state index contributed by atoms with van der Waals surface area (Å²) in [6, 6.07) is 2.79. The van der Waals surface area contributed by atoms with Crippen molar-refractivity contribution in [2.24, 2.45) is 0 Å². The SMILES string of the molecule is CC[C@@]1(O)C(=O)OCc2c1cc1n(c2=O)Cc2c-1nc1cc(F)c(Cl)c3c1c2[C@@H](NC[C@@H](C)O)CC3. The second-order valence-corrected chi connectivity index (χ2v) is 10.2. The van der Waals surface area contributed by atoms with E-state index in [-0.39, 0.29) is 47.3 Å². The predicted octanol–water partition coefficient (Wildman–Crippen LogP) is 2.83. The van der Waals surface area contributed by atoms with Gasteiger partial charge in [-0.1, -0.05) is 18.5 Å². The lowest BCUT2D eigenvalue weighted by Crippen LogP contribution is -2.44. The van der Waals surface area contributed by atoms with Crippen LogP contribution >= 0.6 is 11.6 Å². The van der Waals surface area contributed by atoms with Crippen LogP contribution in [0.5, 0.6) is 0 Å². The molecule has 1 aliphatic carbocycles. The summed E-state index contributed by atoms with van der Waals surface area (Å²) in [6.45, 7) is 3.72. The van der Waals surface area contributed by atoms with Crippen LogP contribution in [0.15, 0.2) is 16.9 Å². The summed E-state index contributed by atoms with van der Waals surface area (Å²) in [4.78, 5) is 30.8.